The molecule has 15 heavy (non-hydrogen) atoms. The van der Waals surface area contributed by atoms with Gasteiger partial charge in [0.2, 0.25) is 0 Å². The van der Waals surface area contributed by atoms with Crippen LogP contribution in [0.15, 0.2) is 51.7 Å². The number of furan rings is 1. The van der Waals surface area contributed by atoms with Crippen molar-refractivity contribution in [2.24, 2.45) is 0 Å². The quantitative estimate of drug-likeness (QED) is 0.921. The van der Waals surface area contributed by atoms with Crippen molar-refractivity contribution in [3.63, 3.8) is 0 Å². The third kappa shape index (κ3) is 2.13. The van der Waals surface area contributed by atoms with Crippen molar-refractivity contribution in [1.29, 1.82) is 0 Å². The van der Waals surface area contributed by atoms with Crippen LogP contribution in [0.3, 0.4) is 0 Å². The number of nitrogens with one attached hydrogen (secondary N) is 1. The summed E-state index contributed by atoms with van der Waals surface area (Å²) in [5.41, 5.74) is 2.34. The van der Waals surface area contributed by atoms with Crippen molar-refractivity contribution >= 4 is 15.9 Å². The molecule has 1 aromatic heterocycles. The predicted octanol–water partition coefficient (Wildman–Crippen LogP) is 3.35. The molecule has 0 saturated heterocycles. The molecule has 2 nitrogen and oxygen atoms in total. The van der Waals surface area contributed by atoms with Gasteiger partial charge in [-0.2, -0.15) is 0 Å². The van der Waals surface area contributed by atoms with Gasteiger partial charge in [-0.25, -0.2) is 0 Å². The maximum absolute atomic E-state index is 5.10. The molecule has 1 heterocycles. The second-order valence-corrected chi connectivity index (χ2v) is 4.15. The largest absolute Gasteiger partial charge is 0.472 e. The number of benzene rings is 1. The SMILES string of the molecule is CNC(c1ccoc1)c1ccccc1Br. The topological polar surface area (TPSA) is 25.2 Å². The standard InChI is InChI=1S/C12H12BrNO/c1-14-12(9-6-7-15-8-9)10-4-2-3-5-11(10)13/h2-8,12,14H,1H3. The molecule has 0 fully saturated rings. The van der Waals surface area contributed by atoms with E-state index >= 15 is 0 Å². The van der Waals surface area contributed by atoms with E-state index in [9.17, 15) is 0 Å². The van der Waals surface area contributed by atoms with Gasteiger partial charge in [0.15, 0.2) is 0 Å². The average Bonchev–Trinajstić information content (AvgIpc) is 2.75. The van der Waals surface area contributed by atoms with Crippen LogP contribution in [-0.4, -0.2) is 7.05 Å². The first-order valence-corrected chi connectivity index (χ1v) is 5.56. The first-order chi connectivity index (χ1) is 7.33. The van der Waals surface area contributed by atoms with Crippen LogP contribution in [0.4, 0.5) is 0 Å². The zero-order chi connectivity index (χ0) is 10.7. The lowest BCUT2D eigenvalue weighted by Gasteiger charge is -2.16. The average molecular weight is 266 g/mol. The number of halogens is 1. The molecule has 78 valence electrons. The molecule has 1 aromatic carbocycles. The molecule has 2 rings (SSSR count). The van der Waals surface area contributed by atoms with Gasteiger partial charge in [0.1, 0.15) is 0 Å². The van der Waals surface area contributed by atoms with Crippen molar-refractivity contribution in [2.45, 2.75) is 6.04 Å². The number of rotatable bonds is 3. The van der Waals surface area contributed by atoms with Gasteiger partial charge >= 0.3 is 0 Å². The molecule has 0 aliphatic rings. The summed E-state index contributed by atoms with van der Waals surface area (Å²) in [6.45, 7) is 0. The van der Waals surface area contributed by atoms with Gasteiger partial charge in [-0.1, -0.05) is 34.1 Å². The van der Waals surface area contributed by atoms with E-state index in [-0.39, 0.29) is 6.04 Å². The number of hydrogen-bond acceptors (Lipinski definition) is 2. The van der Waals surface area contributed by atoms with Crippen LogP contribution in [0.25, 0.3) is 0 Å². The van der Waals surface area contributed by atoms with Crippen molar-refractivity contribution in [2.75, 3.05) is 7.05 Å². The summed E-state index contributed by atoms with van der Waals surface area (Å²) >= 11 is 3.55. The molecule has 0 amide bonds. The fraction of sp³-hybridized carbons (Fsp3) is 0.167. The highest BCUT2D eigenvalue weighted by Crippen LogP contribution is 2.28. The van der Waals surface area contributed by atoms with Gasteiger partial charge in [0.05, 0.1) is 18.6 Å². The first-order valence-electron chi connectivity index (χ1n) is 4.76. The smallest absolute Gasteiger partial charge is 0.0953 e. The van der Waals surface area contributed by atoms with Crippen LogP contribution in [0.2, 0.25) is 0 Å². The molecule has 0 aliphatic heterocycles. The van der Waals surface area contributed by atoms with E-state index in [2.05, 4.69) is 27.3 Å². The summed E-state index contributed by atoms with van der Waals surface area (Å²) < 4.78 is 6.21. The lowest BCUT2D eigenvalue weighted by atomic mass is 10.0. The minimum Gasteiger partial charge on any atom is -0.472 e. The molecule has 0 aliphatic carbocycles. The Hall–Kier alpha value is -1.06. The summed E-state index contributed by atoms with van der Waals surface area (Å²) in [6, 6.07) is 10.3. The molecule has 2 aromatic rings. The van der Waals surface area contributed by atoms with Crippen molar-refractivity contribution < 1.29 is 4.42 Å². The van der Waals surface area contributed by atoms with E-state index < -0.39 is 0 Å². The van der Waals surface area contributed by atoms with Crippen molar-refractivity contribution in [3.8, 4) is 0 Å². The summed E-state index contributed by atoms with van der Waals surface area (Å²) in [5, 5.41) is 3.27. The zero-order valence-corrected chi connectivity index (χ0v) is 9.99. The lowest BCUT2D eigenvalue weighted by Crippen LogP contribution is -2.17. The first kappa shape index (κ1) is 10.5. The van der Waals surface area contributed by atoms with E-state index in [4.69, 9.17) is 4.42 Å². The van der Waals surface area contributed by atoms with Gasteiger partial charge in [0.25, 0.3) is 0 Å². The van der Waals surface area contributed by atoms with E-state index in [1.54, 1.807) is 12.5 Å². The molecular formula is C12H12BrNO. The number of hydrogen-bond donors (Lipinski definition) is 1. The van der Waals surface area contributed by atoms with Crippen LogP contribution in [0.1, 0.15) is 17.2 Å². The summed E-state index contributed by atoms with van der Waals surface area (Å²) in [4.78, 5) is 0. The fourth-order valence-electron chi connectivity index (χ4n) is 1.65. The molecule has 1 N–H and O–H groups in total. The molecular weight excluding hydrogens is 254 g/mol. The van der Waals surface area contributed by atoms with E-state index in [1.165, 1.54) is 5.56 Å². The van der Waals surface area contributed by atoms with Crippen LogP contribution in [0.5, 0.6) is 0 Å². The second kappa shape index (κ2) is 4.64. The third-order valence-corrected chi connectivity index (χ3v) is 3.10. The normalized spacial score (nSPS) is 12.7. The van der Waals surface area contributed by atoms with Crippen LogP contribution in [-0.2, 0) is 0 Å². The zero-order valence-electron chi connectivity index (χ0n) is 8.41. The minimum atomic E-state index is 0.166. The Bertz CT molecular complexity index is 425. The van der Waals surface area contributed by atoms with Gasteiger partial charge in [0, 0.05) is 10.0 Å². The van der Waals surface area contributed by atoms with Crippen LogP contribution < -0.4 is 5.32 Å². The van der Waals surface area contributed by atoms with Crippen molar-refractivity contribution in [1.82, 2.24) is 5.32 Å². The summed E-state index contributed by atoms with van der Waals surface area (Å²) in [7, 11) is 1.94. The lowest BCUT2D eigenvalue weighted by molar-refractivity contribution is 0.557. The molecule has 1 unspecified atom stereocenters. The van der Waals surface area contributed by atoms with Gasteiger partial charge in [-0.05, 0) is 24.7 Å². The summed E-state index contributed by atoms with van der Waals surface area (Å²) in [5.74, 6) is 0. The summed E-state index contributed by atoms with van der Waals surface area (Å²) in [6.07, 6.45) is 3.46. The van der Waals surface area contributed by atoms with Crippen LogP contribution >= 0.6 is 15.9 Å². The third-order valence-electron chi connectivity index (χ3n) is 2.38. The Kier molecular flexibility index (Phi) is 3.23. The molecule has 0 radical (unpaired) electrons. The highest BCUT2D eigenvalue weighted by Gasteiger charge is 2.14. The van der Waals surface area contributed by atoms with Gasteiger partial charge < -0.3 is 9.73 Å². The Balaban J connectivity index is 2.40. The Morgan fingerprint density at radius 2 is 2.07 bits per heavy atom. The molecule has 3 heteroatoms. The highest BCUT2D eigenvalue weighted by atomic mass is 79.9. The molecule has 1 atom stereocenters. The van der Waals surface area contributed by atoms with E-state index in [0.29, 0.717) is 0 Å². The van der Waals surface area contributed by atoms with E-state index in [0.717, 1.165) is 10.0 Å². The van der Waals surface area contributed by atoms with Crippen molar-refractivity contribution in [3.05, 3.63) is 58.5 Å². The molecule has 0 bridgehead atoms. The predicted molar refractivity (Wildman–Crippen MR) is 63.8 cm³/mol. The highest BCUT2D eigenvalue weighted by molar-refractivity contribution is 9.10. The second-order valence-electron chi connectivity index (χ2n) is 3.30. The van der Waals surface area contributed by atoms with Crippen LogP contribution in [0, 0.1) is 0 Å². The Morgan fingerprint density at radius 3 is 2.67 bits per heavy atom. The molecule has 0 saturated carbocycles. The van der Waals surface area contributed by atoms with Gasteiger partial charge in [-0.15, -0.1) is 0 Å². The Labute approximate surface area is 97.4 Å². The minimum absolute atomic E-state index is 0.166. The van der Waals surface area contributed by atoms with Gasteiger partial charge in [-0.3, -0.25) is 0 Å². The Morgan fingerprint density at radius 1 is 1.27 bits per heavy atom. The maximum atomic E-state index is 5.10. The fourth-order valence-corrected chi connectivity index (χ4v) is 2.16. The molecule has 0 spiro atoms. The van der Waals surface area contributed by atoms with E-state index in [1.807, 2.05) is 31.3 Å². The maximum Gasteiger partial charge on any atom is 0.0953 e. The monoisotopic (exact) mass is 265 g/mol.